The Labute approximate surface area is 106 Å². The molecule has 2 aliphatic rings. The summed E-state index contributed by atoms with van der Waals surface area (Å²) in [4.78, 5) is 0. The first-order valence-corrected chi connectivity index (χ1v) is 7.28. The van der Waals surface area contributed by atoms with Crippen LogP contribution < -0.4 is 5.43 Å². The molecule has 2 heteroatoms. The van der Waals surface area contributed by atoms with Crippen molar-refractivity contribution in [2.24, 2.45) is 16.9 Å². The third kappa shape index (κ3) is 2.72. The minimum Gasteiger partial charge on any atom is -0.283 e. The molecule has 0 aromatic heterocycles. The molecule has 0 bridgehead atoms. The van der Waals surface area contributed by atoms with Crippen LogP contribution in [0.2, 0.25) is 0 Å². The zero-order valence-electron chi connectivity index (χ0n) is 11.6. The van der Waals surface area contributed by atoms with Crippen molar-refractivity contribution < 1.29 is 0 Å². The van der Waals surface area contributed by atoms with Gasteiger partial charge in [0.15, 0.2) is 0 Å². The Kier molecular flexibility index (Phi) is 4.25. The van der Waals surface area contributed by atoms with Crippen molar-refractivity contribution in [1.29, 1.82) is 0 Å². The lowest BCUT2D eigenvalue weighted by Gasteiger charge is -2.31. The lowest BCUT2D eigenvalue weighted by atomic mass is 9.78. The molecule has 1 heterocycles. The topological polar surface area (TPSA) is 24.4 Å². The highest BCUT2D eigenvalue weighted by molar-refractivity contribution is 5.87. The van der Waals surface area contributed by atoms with Crippen molar-refractivity contribution in [3.8, 4) is 0 Å². The summed E-state index contributed by atoms with van der Waals surface area (Å²) < 4.78 is 0. The van der Waals surface area contributed by atoms with Crippen LogP contribution in [0.1, 0.15) is 65.7 Å². The van der Waals surface area contributed by atoms with Crippen molar-refractivity contribution in [3.63, 3.8) is 0 Å². The van der Waals surface area contributed by atoms with Gasteiger partial charge in [0.2, 0.25) is 0 Å². The van der Waals surface area contributed by atoms with Gasteiger partial charge in [-0.15, -0.1) is 0 Å². The second-order valence-electron chi connectivity index (χ2n) is 5.52. The molecule has 2 atom stereocenters. The highest BCUT2D eigenvalue weighted by atomic mass is 15.3. The summed E-state index contributed by atoms with van der Waals surface area (Å²) in [7, 11) is 0. The van der Waals surface area contributed by atoms with E-state index in [1.165, 1.54) is 49.9 Å². The van der Waals surface area contributed by atoms with E-state index >= 15 is 0 Å². The van der Waals surface area contributed by atoms with E-state index in [2.05, 4.69) is 31.3 Å². The molecule has 0 aromatic rings. The van der Waals surface area contributed by atoms with E-state index in [1.807, 2.05) is 0 Å². The Morgan fingerprint density at radius 1 is 1.24 bits per heavy atom. The number of hydrogen-bond acceptors (Lipinski definition) is 2. The summed E-state index contributed by atoms with van der Waals surface area (Å²) in [6.45, 7) is 6.76. The molecule has 0 radical (unpaired) electrons. The Hall–Kier alpha value is -0.790. The molecular formula is C15H26N2. The van der Waals surface area contributed by atoms with Crippen LogP contribution in [0.5, 0.6) is 0 Å². The standard InChI is InChI=1S/C15H26N2/c1-4-12-7-6-8-13-11(3)16-17-15(5-2)14(13)10-9-12/h12-13,17H,4-10H2,1-3H3. The quantitative estimate of drug-likeness (QED) is 0.759. The molecule has 0 spiro atoms. The van der Waals surface area contributed by atoms with Crippen molar-refractivity contribution in [3.05, 3.63) is 11.3 Å². The van der Waals surface area contributed by atoms with Gasteiger partial charge in [0, 0.05) is 17.3 Å². The monoisotopic (exact) mass is 234 g/mol. The molecule has 1 aliphatic carbocycles. The molecule has 17 heavy (non-hydrogen) atoms. The van der Waals surface area contributed by atoms with Gasteiger partial charge < -0.3 is 0 Å². The van der Waals surface area contributed by atoms with Crippen molar-refractivity contribution in [2.75, 3.05) is 0 Å². The van der Waals surface area contributed by atoms with Crippen LogP contribution in [-0.2, 0) is 0 Å². The van der Waals surface area contributed by atoms with Crippen LogP contribution in [0.3, 0.4) is 0 Å². The maximum absolute atomic E-state index is 4.49. The van der Waals surface area contributed by atoms with Crippen LogP contribution in [0.25, 0.3) is 0 Å². The van der Waals surface area contributed by atoms with Gasteiger partial charge in [-0.25, -0.2) is 0 Å². The second-order valence-corrected chi connectivity index (χ2v) is 5.52. The van der Waals surface area contributed by atoms with Gasteiger partial charge in [0.1, 0.15) is 0 Å². The molecule has 96 valence electrons. The number of allylic oxidation sites excluding steroid dienone is 2. The summed E-state index contributed by atoms with van der Waals surface area (Å²) in [6.07, 6.45) is 9.21. The van der Waals surface area contributed by atoms with E-state index in [1.54, 1.807) is 5.57 Å². The molecule has 0 saturated heterocycles. The SMILES string of the molecule is CCC1=C2CCC(CC)CCCC2C(C)=NN1. The van der Waals surface area contributed by atoms with Gasteiger partial charge in [0.05, 0.1) is 0 Å². The smallest absolute Gasteiger partial charge is 0.0423 e. The molecule has 0 aromatic carbocycles. The molecule has 2 rings (SSSR count). The predicted octanol–water partition coefficient (Wildman–Crippen LogP) is 4.24. The number of hydrogen-bond donors (Lipinski definition) is 1. The lowest BCUT2D eigenvalue weighted by Crippen LogP contribution is -2.28. The largest absolute Gasteiger partial charge is 0.283 e. The van der Waals surface area contributed by atoms with Gasteiger partial charge in [-0.05, 0) is 44.1 Å². The molecule has 2 unspecified atom stereocenters. The summed E-state index contributed by atoms with van der Waals surface area (Å²) in [6, 6.07) is 0. The number of hydrazone groups is 1. The van der Waals surface area contributed by atoms with E-state index in [9.17, 15) is 0 Å². The third-order valence-corrected chi connectivity index (χ3v) is 4.54. The van der Waals surface area contributed by atoms with Gasteiger partial charge >= 0.3 is 0 Å². The third-order valence-electron chi connectivity index (χ3n) is 4.54. The van der Waals surface area contributed by atoms with E-state index in [4.69, 9.17) is 0 Å². The molecule has 2 nitrogen and oxygen atoms in total. The van der Waals surface area contributed by atoms with Gasteiger partial charge in [-0.2, -0.15) is 5.10 Å². The molecule has 1 fully saturated rings. The fraction of sp³-hybridized carbons (Fsp3) is 0.800. The molecular weight excluding hydrogens is 208 g/mol. The minimum atomic E-state index is 0.643. The zero-order valence-corrected chi connectivity index (χ0v) is 11.6. The fourth-order valence-corrected chi connectivity index (χ4v) is 3.31. The molecule has 1 aliphatic heterocycles. The Morgan fingerprint density at radius 2 is 2.06 bits per heavy atom. The first-order valence-electron chi connectivity index (χ1n) is 7.28. The van der Waals surface area contributed by atoms with Crippen LogP contribution >= 0.6 is 0 Å². The van der Waals surface area contributed by atoms with E-state index in [0.717, 1.165) is 12.3 Å². The molecule has 0 amide bonds. The number of fused-ring (bicyclic) bond motifs is 1. The highest BCUT2D eigenvalue weighted by Gasteiger charge is 2.26. The molecule has 1 saturated carbocycles. The van der Waals surface area contributed by atoms with Crippen molar-refractivity contribution >= 4 is 5.71 Å². The van der Waals surface area contributed by atoms with Crippen LogP contribution in [0, 0.1) is 11.8 Å². The first-order chi connectivity index (χ1) is 8.26. The van der Waals surface area contributed by atoms with E-state index in [-0.39, 0.29) is 0 Å². The second kappa shape index (κ2) is 5.70. The average Bonchev–Trinajstić information content (AvgIpc) is 2.31. The molecule has 1 N–H and O–H groups in total. The zero-order chi connectivity index (χ0) is 12.3. The van der Waals surface area contributed by atoms with E-state index < -0.39 is 0 Å². The maximum Gasteiger partial charge on any atom is 0.0423 e. The van der Waals surface area contributed by atoms with Gasteiger partial charge in [-0.1, -0.05) is 33.1 Å². The van der Waals surface area contributed by atoms with Crippen LogP contribution in [0.15, 0.2) is 16.4 Å². The van der Waals surface area contributed by atoms with Crippen molar-refractivity contribution in [1.82, 2.24) is 5.43 Å². The van der Waals surface area contributed by atoms with Crippen LogP contribution in [0.4, 0.5) is 0 Å². The van der Waals surface area contributed by atoms with Gasteiger partial charge in [-0.3, -0.25) is 5.43 Å². The lowest BCUT2D eigenvalue weighted by molar-refractivity contribution is 0.379. The highest BCUT2D eigenvalue weighted by Crippen LogP contribution is 2.35. The number of rotatable bonds is 2. The summed E-state index contributed by atoms with van der Waals surface area (Å²) in [5, 5.41) is 4.49. The maximum atomic E-state index is 4.49. The Morgan fingerprint density at radius 3 is 2.76 bits per heavy atom. The summed E-state index contributed by atoms with van der Waals surface area (Å²) in [5.74, 6) is 1.59. The van der Waals surface area contributed by atoms with Crippen molar-refractivity contribution in [2.45, 2.75) is 65.7 Å². The number of nitrogens with zero attached hydrogens (tertiary/aromatic N) is 1. The fourth-order valence-electron chi connectivity index (χ4n) is 3.31. The minimum absolute atomic E-state index is 0.643. The number of nitrogens with one attached hydrogen (secondary N) is 1. The average molecular weight is 234 g/mol. The normalized spacial score (nSPS) is 29.9. The first kappa shape index (κ1) is 12.7. The Bertz CT molecular complexity index is 328. The van der Waals surface area contributed by atoms with E-state index in [0.29, 0.717) is 5.92 Å². The van der Waals surface area contributed by atoms with Crippen LogP contribution in [-0.4, -0.2) is 5.71 Å². The summed E-state index contributed by atoms with van der Waals surface area (Å²) in [5.41, 5.74) is 7.63. The Balaban J connectivity index is 2.17. The summed E-state index contributed by atoms with van der Waals surface area (Å²) >= 11 is 0. The van der Waals surface area contributed by atoms with Gasteiger partial charge in [0.25, 0.3) is 0 Å². The predicted molar refractivity (Wildman–Crippen MR) is 73.9 cm³/mol.